The van der Waals surface area contributed by atoms with E-state index in [0.29, 0.717) is 6.54 Å². The average molecular weight is 257 g/mol. The van der Waals surface area contributed by atoms with E-state index >= 15 is 0 Å². The first-order chi connectivity index (χ1) is 8.17. The molecule has 0 atom stereocenters. The predicted octanol–water partition coefficient (Wildman–Crippen LogP) is 1.27. The van der Waals surface area contributed by atoms with Gasteiger partial charge >= 0.3 is 5.97 Å². The average Bonchev–Trinajstić information content (AvgIpc) is 2.78. The lowest BCUT2D eigenvalue weighted by molar-refractivity contribution is 0.0696. The maximum atomic E-state index is 10.6. The summed E-state index contributed by atoms with van der Waals surface area (Å²) >= 11 is 1.17. The molecule has 0 spiro atoms. The molecule has 0 aliphatic carbocycles. The molecule has 0 unspecified atom stereocenters. The molecule has 1 aromatic heterocycles. The highest BCUT2D eigenvalue weighted by Gasteiger charge is 2.08. The van der Waals surface area contributed by atoms with Gasteiger partial charge in [-0.2, -0.15) is 0 Å². The minimum Gasteiger partial charge on any atom is -0.476 e. The number of thiazole rings is 1. The van der Waals surface area contributed by atoms with Crippen molar-refractivity contribution in [2.75, 3.05) is 26.2 Å². The zero-order chi connectivity index (χ0) is 12.7. The lowest BCUT2D eigenvalue weighted by atomic mass is 10.4. The Kier molecular flexibility index (Phi) is 6.10. The largest absolute Gasteiger partial charge is 0.476 e. The highest BCUT2D eigenvalue weighted by atomic mass is 32.1. The van der Waals surface area contributed by atoms with Crippen molar-refractivity contribution in [1.29, 1.82) is 0 Å². The summed E-state index contributed by atoms with van der Waals surface area (Å²) in [6.45, 7) is 8.91. The number of nitrogens with zero attached hydrogens (tertiary/aromatic N) is 2. The smallest absolute Gasteiger partial charge is 0.365 e. The van der Waals surface area contributed by atoms with E-state index in [-0.39, 0.29) is 5.01 Å². The van der Waals surface area contributed by atoms with Gasteiger partial charge in [-0.05, 0) is 13.1 Å². The van der Waals surface area contributed by atoms with Crippen molar-refractivity contribution in [3.63, 3.8) is 0 Å². The van der Waals surface area contributed by atoms with Gasteiger partial charge in [-0.3, -0.25) is 0 Å². The van der Waals surface area contributed by atoms with Crippen LogP contribution in [0.15, 0.2) is 5.38 Å². The third kappa shape index (κ3) is 4.80. The van der Waals surface area contributed by atoms with Crippen LogP contribution in [0.4, 0.5) is 0 Å². The second-order valence-electron chi connectivity index (χ2n) is 3.65. The number of likely N-dealkylation sites (N-methyl/N-ethyl adjacent to an activating group) is 1. The normalized spacial score (nSPS) is 11.0. The summed E-state index contributed by atoms with van der Waals surface area (Å²) in [5.74, 6) is -0.954. The number of aromatic nitrogens is 1. The van der Waals surface area contributed by atoms with Crippen molar-refractivity contribution in [3.05, 3.63) is 16.1 Å². The van der Waals surface area contributed by atoms with Crippen molar-refractivity contribution in [2.24, 2.45) is 0 Å². The van der Waals surface area contributed by atoms with Crippen LogP contribution in [0.1, 0.15) is 29.3 Å². The summed E-state index contributed by atoms with van der Waals surface area (Å²) in [5.41, 5.74) is 0.798. The predicted molar refractivity (Wildman–Crippen MR) is 68.6 cm³/mol. The molecular weight excluding hydrogens is 238 g/mol. The van der Waals surface area contributed by atoms with Gasteiger partial charge in [-0.15, -0.1) is 11.3 Å². The second-order valence-corrected chi connectivity index (χ2v) is 4.51. The fourth-order valence-electron chi connectivity index (χ4n) is 1.48. The summed E-state index contributed by atoms with van der Waals surface area (Å²) in [7, 11) is 0. The summed E-state index contributed by atoms with van der Waals surface area (Å²) in [6.07, 6.45) is 0. The van der Waals surface area contributed by atoms with Gasteiger partial charge in [0.05, 0.1) is 5.69 Å². The molecule has 17 heavy (non-hydrogen) atoms. The quantitative estimate of drug-likeness (QED) is 0.687. The Morgan fingerprint density at radius 1 is 1.53 bits per heavy atom. The van der Waals surface area contributed by atoms with Crippen LogP contribution in [-0.4, -0.2) is 47.1 Å². The van der Waals surface area contributed by atoms with E-state index in [4.69, 9.17) is 5.11 Å². The minimum atomic E-state index is -0.954. The highest BCUT2D eigenvalue weighted by Crippen LogP contribution is 2.08. The Hall–Kier alpha value is -0.980. The first-order valence-corrected chi connectivity index (χ1v) is 6.66. The van der Waals surface area contributed by atoms with E-state index in [0.717, 1.165) is 31.9 Å². The molecule has 0 aliphatic rings. The SMILES string of the molecule is CCN(CC)CCNCc1csc(C(=O)O)n1. The van der Waals surface area contributed by atoms with E-state index in [1.165, 1.54) is 11.3 Å². The van der Waals surface area contributed by atoms with E-state index in [2.05, 4.69) is 29.0 Å². The molecule has 1 rings (SSSR count). The molecule has 96 valence electrons. The Labute approximate surface area is 105 Å². The summed E-state index contributed by atoms with van der Waals surface area (Å²) in [5, 5.41) is 13.9. The number of carboxylic acid groups (broad SMARTS) is 1. The van der Waals surface area contributed by atoms with Gasteiger partial charge in [0, 0.05) is 25.0 Å². The van der Waals surface area contributed by atoms with Crippen molar-refractivity contribution < 1.29 is 9.90 Å². The van der Waals surface area contributed by atoms with E-state index in [1.807, 2.05) is 0 Å². The molecule has 5 nitrogen and oxygen atoms in total. The first kappa shape index (κ1) is 14.1. The van der Waals surface area contributed by atoms with Crippen LogP contribution < -0.4 is 5.32 Å². The van der Waals surface area contributed by atoms with Gasteiger partial charge in [0.2, 0.25) is 5.01 Å². The number of hydrogen-bond acceptors (Lipinski definition) is 5. The molecule has 0 radical (unpaired) electrons. The van der Waals surface area contributed by atoms with Crippen LogP contribution in [-0.2, 0) is 6.54 Å². The van der Waals surface area contributed by atoms with Crippen LogP contribution in [0, 0.1) is 0 Å². The van der Waals surface area contributed by atoms with Gasteiger partial charge in [-0.1, -0.05) is 13.8 Å². The van der Waals surface area contributed by atoms with Crippen molar-refractivity contribution in [3.8, 4) is 0 Å². The lowest BCUT2D eigenvalue weighted by Crippen LogP contribution is -2.31. The molecule has 6 heteroatoms. The molecule has 0 saturated carbocycles. The van der Waals surface area contributed by atoms with Gasteiger partial charge in [0.1, 0.15) is 0 Å². The monoisotopic (exact) mass is 257 g/mol. The maximum Gasteiger partial charge on any atom is 0.365 e. The van der Waals surface area contributed by atoms with Crippen LogP contribution >= 0.6 is 11.3 Å². The fraction of sp³-hybridized carbons (Fsp3) is 0.636. The van der Waals surface area contributed by atoms with E-state index in [1.54, 1.807) is 5.38 Å². The van der Waals surface area contributed by atoms with Gasteiger partial charge in [-0.25, -0.2) is 9.78 Å². The maximum absolute atomic E-state index is 10.6. The molecule has 1 aromatic rings. The molecule has 0 aliphatic heterocycles. The Morgan fingerprint density at radius 3 is 2.76 bits per heavy atom. The topological polar surface area (TPSA) is 65.5 Å². The van der Waals surface area contributed by atoms with Gasteiger partial charge in [0.25, 0.3) is 0 Å². The van der Waals surface area contributed by atoms with E-state index in [9.17, 15) is 4.79 Å². The first-order valence-electron chi connectivity index (χ1n) is 5.78. The van der Waals surface area contributed by atoms with Crippen LogP contribution in [0.5, 0.6) is 0 Å². The molecule has 1 heterocycles. The van der Waals surface area contributed by atoms with Crippen molar-refractivity contribution in [1.82, 2.24) is 15.2 Å². The van der Waals surface area contributed by atoms with Crippen LogP contribution in [0.3, 0.4) is 0 Å². The van der Waals surface area contributed by atoms with Crippen molar-refractivity contribution >= 4 is 17.3 Å². The van der Waals surface area contributed by atoms with E-state index < -0.39 is 5.97 Å². The molecule has 0 bridgehead atoms. The summed E-state index contributed by atoms with van der Waals surface area (Å²) in [4.78, 5) is 17.0. The minimum absolute atomic E-state index is 0.158. The molecule has 0 saturated heterocycles. The summed E-state index contributed by atoms with van der Waals surface area (Å²) < 4.78 is 0. The zero-order valence-electron chi connectivity index (χ0n) is 10.3. The molecular formula is C11H19N3O2S. The summed E-state index contributed by atoms with van der Waals surface area (Å²) in [6, 6.07) is 0. The molecule has 0 aromatic carbocycles. The van der Waals surface area contributed by atoms with Crippen LogP contribution in [0.25, 0.3) is 0 Å². The molecule has 2 N–H and O–H groups in total. The fourth-order valence-corrected chi connectivity index (χ4v) is 2.13. The third-order valence-corrected chi connectivity index (χ3v) is 3.42. The second kappa shape index (κ2) is 7.37. The highest BCUT2D eigenvalue weighted by molar-refractivity contribution is 7.11. The third-order valence-electron chi connectivity index (χ3n) is 2.54. The van der Waals surface area contributed by atoms with Crippen molar-refractivity contribution in [2.45, 2.75) is 20.4 Å². The Balaban J connectivity index is 2.24. The Morgan fingerprint density at radius 2 is 2.24 bits per heavy atom. The zero-order valence-corrected chi connectivity index (χ0v) is 11.1. The number of rotatable bonds is 8. The Bertz CT molecular complexity index is 350. The lowest BCUT2D eigenvalue weighted by Gasteiger charge is -2.17. The van der Waals surface area contributed by atoms with Crippen LogP contribution in [0.2, 0.25) is 0 Å². The molecule has 0 amide bonds. The van der Waals surface area contributed by atoms with Gasteiger partial charge < -0.3 is 15.3 Å². The molecule has 0 fully saturated rings. The number of nitrogens with one attached hydrogen (secondary N) is 1. The standard InChI is InChI=1S/C11H19N3O2S/c1-3-14(4-2)6-5-12-7-9-8-17-10(13-9)11(15)16/h8,12H,3-7H2,1-2H3,(H,15,16). The van der Waals surface area contributed by atoms with Gasteiger partial charge in [0.15, 0.2) is 0 Å². The number of aromatic carboxylic acids is 1. The number of hydrogen-bond donors (Lipinski definition) is 2. The number of carbonyl (C=O) groups is 1. The number of carboxylic acids is 1.